The maximum atomic E-state index is 13.5. The fourth-order valence-electron chi connectivity index (χ4n) is 2.92. The number of ether oxygens (including phenoxy) is 3. The third-order valence-corrected chi connectivity index (χ3v) is 6.97. The first kappa shape index (κ1) is 18.6. The molecule has 4 rings (SSSR count). The largest absolute Gasteiger partial charge is 0.497 e. The molecule has 0 amide bonds. The predicted molar refractivity (Wildman–Crippen MR) is 108 cm³/mol. The van der Waals surface area contributed by atoms with Crippen LogP contribution in [-0.4, -0.2) is 28.7 Å². The lowest BCUT2D eigenvalue weighted by atomic mass is 10.3. The Hall–Kier alpha value is -2.71. The number of benzene rings is 2. The highest BCUT2D eigenvalue weighted by Gasteiger charge is 2.27. The van der Waals surface area contributed by atoms with E-state index in [1.807, 2.05) is 17.5 Å². The molecule has 0 fully saturated rings. The van der Waals surface area contributed by atoms with Gasteiger partial charge in [-0.15, -0.1) is 11.3 Å². The molecule has 0 atom stereocenters. The van der Waals surface area contributed by atoms with Crippen molar-refractivity contribution in [2.24, 2.45) is 0 Å². The molecule has 3 aromatic rings. The fourth-order valence-corrected chi connectivity index (χ4v) is 5.15. The van der Waals surface area contributed by atoms with Gasteiger partial charge in [-0.25, -0.2) is 8.42 Å². The zero-order valence-corrected chi connectivity index (χ0v) is 16.8. The van der Waals surface area contributed by atoms with Crippen LogP contribution in [0.25, 0.3) is 0 Å². The summed E-state index contributed by atoms with van der Waals surface area (Å²) in [5.74, 6) is 1.66. The monoisotopic (exact) mass is 417 g/mol. The molecule has 0 radical (unpaired) electrons. The van der Waals surface area contributed by atoms with Gasteiger partial charge in [0.25, 0.3) is 10.0 Å². The van der Waals surface area contributed by atoms with E-state index in [0.717, 1.165) is 4.88 Å². The van der Waals surface area contributed by atoms with Crippen LogP contribution in [0.1, 0.15) is 4.88 Å². The van der Waals surface area contributed by atoms with Crippen molar-refractivity contribution in [1.29, 1.82) is 0 Å². The number of thiophene rings is 1. The molecule has 0 bridgehead atoms. The Bertz CT molecular complexity index is 1050. The quantitative estimate of drug-likeness (QED) is 0.608. The summed E-state index contributed by atoms with van der Waals surface area (Å²) >= 11 is 1.51. The molecular formula is C20H19NO5S2. The lowest BCUT2D eigenvalue weighted by molar-refractivity contribution is 0.171. The number of rotatable bonds is 6. The molecule has 28 heavy (non-hydrogen) atoms. The Morgan fingerprint density at radius 2 is 1.79 bits per heavy atom. The second-order valence-corrected chi connectivity index (χ2v) is 8.99. The van der Waals surface area contributed by atoms with Gasteiger partial charge in [-0.3, -0.25) is 4.31 Å². The molecule has 1 aromatic heterocycles. The van der Waals surface area contributed by atoms with E-state index in [0.29, 0.717) is 36.1 Å². The minimum Gasteiger partial charge on any atom is -0.497 e. The van der Waals surface area contributed by atoms with Crippen LogP contribution in [0, 0.1) is 0 Å². The first-order valence-electron chi connectivity index (χ1n) is 8.67. The molecule has 0 saturated heterocycles. The van der Waals surface area contributed by atoms with Gasteiger partial charge < -0.3 is 14.2 Å². The smallest absolute Gasteiger partial charge is 0.264 e. The van der Waals surface area contributed by atoms with Crippen LogP contribution >= 0.6 is 11.3 Å². The standard InChI is InChI=1S/C20H19NO5S2/c1-24-16-6-4-15(5-7-16)21(14-17-3-2-12-27-17)28(22,23)18-8-9-19-20(13-18)26-11-10-25-19/h2-9,12-13H,10-11,14H2,1H3. The minimum absolute atomic E-state index is 0.157. The van der Waals surface area contributed by atoms with Crippen LogP contribution in [0.3, 0.4) is 0 Å². The Labute approximate surface area is 168 Å². The van der Waals surface area contributed by atoms with Gasteiger partial charge in [0.1, 0.15) is 19.0 Å². The Morgan fingerprint density at radius 3 is 2.46 bits per heavy atom. The minimum atomic E-state index is -3.82. The molecule has 0 saturated carbocycles. The summed E-state index contributed by atoms with van der Waals surface area (Å²) in [6.45, 7) is 1.09. The summed E-state index contributed by atoms with van der Waals surface area (Å²) < 4.78 is 44.6. The molecule has 0 N–H and O–H groups in total. The molecule has 0 unspecified atom stereocenters. The van der Waals surface area contributed by atoms with Gasteiger partial charge in [-0.05, 0) is 47.8 Å². The van der Waals surface area contributed by atoms with Crippen molar-refractivity contribution in [2.75, 3.05) is 24.6 Å². The van der Waals surface area contributed by atoms with E-state index in [2.05, 4.69) is 0 Å². The number of nitrogens with zero attached hydrogens (tertiary/aromatic N) is 1. The van der Waals surface area contributed by atoms with Crippen LogP contribution in [0.5, 0.6) is 17.2 Å². The third kappa shape index (κ3) is 3.65. The normalized spacial score (nSPS) is 13.2. The zero-order valence-electron chi connectivity index (χ0n) is 15.2. The Morgan fingerprint density at radius 1 is 1.04 bits per heavy atom. The third-order valence-electron chi connectivity index (χ3n) is 4.34. The van der Waals surface area contributed by atoms with E-state index < -0.39 is 10.0 Å². The second kappa shape index (κ2) is 7.73. The second-order valence-electron chi connectivity index (χ2n) is 6.09. The number of methoxy groups -OCH3 is 1. The molecule has 2 heterocycles. The van der Waals surface area contributed by atoms with E-state index >= 15 is 0 Å². The van der Waals surface area contributed by atoms with Crippen LogP contribution < -0.4 is 18.5 Å². The maximum Gasteiger partial charge on any atom is 0.264 e. The molecule has 8 heteroatoms. The van der Waals surface area contributed by atoms with E-state index in [4.69, 9.17) is 14.2 Å². The lowest BCUT2D eigenvalue weighted by Gasteiger charge is -2.25. The van der Waals surface area contributed by atoms with Crippen molar-refractivity contribution in [2.45, 2.75) is 11.4 Å². The van der Waals surface area contributed by atoms with Crippen molar-refractivity contribution >= 4 is 27.0 Å². The molecule has 2 aromatic carbocycles. The summed E-state index contributed by atoms with van der Waals surface area (Å²) in [6.07, 6.45) is 0. The average molecular weight is 418 g/mol. The van der Waals surface area contributed by atoms with Gasteiger partial charge in [0.2, 0.25) is 0 Å². The molecule has 146 valence electrons. The number of hydrogen-bond donors (Lipinski definition) is 0. The summed E-state index contributed by atoms with van der Waals surface area (Å²) in [5, 5.41) is 1.93. The number of hydrogen-bond acceptors (Lipinski definition) is 6. The fraction of sp³-hybridized carbons (Fsp3) is 0.200. The summed E-state index contributed by atoms with van der Waals surface area (Å²) in [6, 6.07) is 15.5. The molecule has 0 spiro atoms. The van der Waals surface area contributed by atoms with Gasteiger partial charge >= 0.3 is 0 Å². The van der Waals surface area contributed by atoms with Crippen LogP contribution in [-0.2, 0) is 16.6 Å². The highest BCUT2D eigenvalue weighted by atomic mass is 32.2. The molecule has 1 aliphatic rings. The summed E-state index contributed by atoms with van der Waals surface area (Å²) in [7, 11) is -2.25. The van der Waals surface area contributed by atoms with Crippen molar-refractivity contribution in [3.8, 4) is 17.2 Å². The topological polar surface area (TPSA) is 65.1 Å². The van der Waals surface area contributed by atoms with Gasteiger partial charge in [0, 0.05) is 10.9 Å². The molecule has 0 aliphatic carbocycles. The number of sulfonamides is 1. The van der Waals surface area contributed by atoms with Crippen LogP contribution in [0.4, 0.5) is 5.69 Å². The molecular weight excluding hydrogens is 398 g/mol. The lowest BCUT2D eigenvalue weighted by Crippen LogP contribution is -2.30. The SMILES string of the molecule is COc1ccc(N(Cc2cccs2)S(=O)(=O)c2ccc3c(c2)OCCO3)cc1. The molecule has 1 aliphatic heterocycles. The highest BCUT2D eigenvalue weighted by molar-refractivity contribution is 7.92. The first-order valence-corrected chi connectivity index (χ1v) is 11.0. The predicted octanol–water partition coefficient (Wildman–Crippen LogP) is 3.92. The number of fused-ring (bicyclic) bond motifs is 1. The van der Waals surface area contributed by atoms with E-state index in [9.17, 15) is 8.42 Å². The summed E-state index contributed by atoms with van der Waals surface area (Å²) in [5.41, 5.74) is 0.559. The van der Waals surface area contributed by atoms with Crippen molar-refractivity contribution in [1.82, 2.24) is 0 Å². The van der Waals surface area contributed by atoms with Crippen molar-refractivity contribution < 1.29 is 22.6 Å². The zero-order chi connectivity index (χ0) is 19.6. The van der Waals surface area contributed by atoms with Crippen molar-refractivity contribution in [3.63, 3.8) is 0 Å². The Kier molecular flexibility index (Phi) is 5.15. The van der Waals surface area contributed by atoms with Crippen LogP contribution in [0.15, 0.2) is 64.9 Å². The first-order chi connectivity index (χ1) is 13.6. The Balaban J connectivity index is 1.75. The van der Waals surface area contributed by atoms with E-state index in [-0.39, 0.29) is 11.4 Å². The summed E-state index contributed by atoms with van der Waals surface area (Å²) in [4.78, 5) is 1.10. The van der Waals surface area contributed by atoms with Gasteiger partial charge in [-0.2, -0.15) is 0 Å². The van der Waals surface area contributed by atoms with Crippen molar-refractivity contribution in [3.05, 3.63) is 64.9 Å². The number of anilines is 1. The van der Waals surface area contributed by atoms with E-state index in [1.165, 1.54) is 21.7 Å². The van der Waals surface area contributed by atoms with Gasteiger partial charge in [0.15, 0.2) is 11.5 Å². The van der Waals surface area contributed by atoms with Gasteiger partial charge in [-0.1, -0.05) is 6.07 Å². The van der Waals surface area contributed by atoms with Crippen LogP contribution in [0.2, 0.25) is 0 Å². The highest BCUT2D eigenvalue weighted by Crippen LogP contribution is 2.35. The maximum absolute atomic E-state index is 13.5. The average Bonchev–Trinajstić information content (AvgIpc) is 3.25. The van der Waals surface area contributed by atoms with E-state index in [1.54, 1.807) is 43.5 Å². The molecule has 6 nitrogen and oxygen atoms in total. The van der Waals surface area contributed by atoms with Gasteiger partial charge in [0.05, 0.1) is 24.2 Å².